The molecule has 0 radical (unpaired) electrons. The van der Waals surface area contributed by atoms with Gasteiger partial charge in [0.05, 0.1) is 6.42 Å². The standard InChI is InChI=1S/C26H32N2O5/c1-3-17(13-14-24(29)27-18(4-2)15-25(30)31)28-26(32)33-16-23-21-11-7-5-9-19(21)20-10-6-8-12-22(20)23/h5-12,17-18,23H,3-4,13-16H2,1-2H3,(H,27,29)(H,28,32)(H,30,31)/t17?,18-/m0/s1. The van der Waals surface area contributed by atoms with Gasteiger partial charge in [-0.2, -0.15) is 0 Å². The normalized spacial score (nSPS) is 14.0. The van der Waals surface area contributed by atoms with E-state index in [-0.39, 0.29) is 43.4 Å². The van der Waals surface area contributed by atoms with Crippen LogP contribution in [0.25, 0.3) is 11.1 Å². The fourth-order valence-electron chi connectivity index (χ4n) is 4.30. The first-order valence-electron chi connectivity index (χ1n) is 11.6. The van der Waals surface area contributed by atoms with Crippen LogP contribution in [0.15, 0.2) is 48.5 Å². The monoisotopic (exact) mass is 452 g/mol. The van der Waals surface area contributed by atoms with Crippen molar-refractivity contribution < 1.29 is 24.2 Å². The number of rotatable bonds is 11. The number of carbonyl (C=O) groups is 3. The van der Waals surface area contributed by atoms with Crippen LogP contribution in [0.3, 0.4) is 0 Å². The lowest BCUT2D eigenvalue weighted by Crippen LogP contribution is -2.39. The summed E-state index contributed by atoms with van der Waals surface area (Å²) in [6, 6.07) is 15.8. The van der Waals surface area contributed by atoms with E-state index in [4.69, 9.17) is 9.84 Å². The molecule has 1 aliphatic rings. The van der Waals surface area contributed by atoms with Crippen LogP contribution in [0, 0.1) is 0 Å². The molecular weight excluding hydrogens is 420 g/mol. The minimum absolute atomic E-state index is 0.00535. The predicted molar refractivity (Wildman–Crippen MR) is 126 cm³/mol. The summed E-state index contributed by atoms with van der Waals surface area (Å²) in [7, 11) is 0. The molecular formula is C26H32N2O5. The van der Waals surface area contributed by atoms with Gasteiger partial charge in [-0.1, -0.05) is 62.4 Å². The minimum atomic E-state index is -0.939. The SMILES string of the molecule is CCC(CCC(=O)N[C@@H](CC)CC(=O)O)NC(=O)OCC1c2ccccc2-c2ccccc21. The van der Waals surface area contributed by atoms with Crippen LogP contribution < -0.4 is 10.6 Å². The maximum absolute atomic E-state index is 12.5. The molecule has 1 unspecified atom stereocenters. The van der Waals surface area contributed by atoms with Crippen molar-refractivity contribution in [3.63, 3.8) is 0 Å². The summed E-state index contributed by atoms with van der Waals surface area (Å²) in [6.07, 6.45) is 1.27. The Labute approximate surface area is 194 Å². The summed E-state index contributed by atoms with van der Waals surface area (Å²) < 4.78 is 5.59. The van der Waals surface area contributed by atoms with Crippen molar-refractivity contribution in [3.05, 3.63) is 59.7 Å². The average Bonchev–Trinajstić information content (AvgIpc) is 3.13. The van der Waals surface area contributed by atoms with Crippen LogP contribution in [-0.2, 0) is 14.3 Å². The van der Waals surface area contributed by atoms with Crippen LogP contribution in [0.4, 0.5) is 4.79 Å². The van der Waals surface area contributed by atoms with E-state index in [1.165, 1.54) is 11.1 Å². The second-order valence-electron chi connectivity index (χ2n) is 8.38. The van der Waals surface area contributed by atoms with Crippen LogP contribution in [0.5, 0.6) is 0 Å². The molecule has 7 nitrogen and oxygen atoms in total. The smallest absolute Gasteiger partial charge is 0.407 e. The van der Waals surface area contributed by atoms with Crippen LogP contribution in [0.1, 0.15) is 63.0 Å². The molecule has 0 saturated carbocycles. The zero-order valence-electron chi connectivity index (χ0n) is 19.2. The molecule has 3 rings (SSSR count). The van der Waals surface area contributed by atoms with Gasteiger partial charge in [0.2, 0.25) is 5.91 Å². The van der Waals surface area contributed by atoms with Crippen molar-refractivity contribution in [2.75, 3.05) is 6.61 Å². The lowest BCUT2D eigenvalue weighted by Gasteiger charge is -2.20. The summed E-state index contributed by atoms with van der Waals surface area (Å²) in [5, 5.41) is 14.5. The van der Waals surface area contributed by atoms with Gasteiger partial charge in [-0.15, -0.1) is 0 Å². The molecule has 3 N–H and O–H groups in total. The summed E-state index contributed by atoms with van der Waals surface area (Å²) in [5.41, 5.74) is 4.66. The van der Waals surface area contributed by atoms with E-state index >= 15 is 0 Å². The quantitative estimate of drug-likeness (QED) is 0.467. The Morgan fingerprint density at radius 2 is 1.48 bits per heavy atom. The Hall–Kier alpha value is -3.35. The van der Waals surface area contributed by atoms with Gasteiger partial charge in [0.25, 0.3) is 0 Å². The number of carboxylic acids is 1. The molecule has 2 amide bonds. The highest BCUT2D eigenvalue weighted by molar-refractivity contribution is 5.79. The number of amides is 2. The first-order chi connectivity index (χ1) is 15.9. The highest BCUT2D eigenvalue weighted by atomic mass is 16.5. The van der Waals surface area contributed by atoms with Gasteiger partial charge in [0.15, 0.2) is 0 Å². The second-order valence-corrected chi connectivity index (χ2v) is 8.38. The van der Waals surface area contributed by atoms with Gasteiger partial charge in [-0.25, -0.2) is 4.79 Å². The number of alkyl carbamates (subject to hydrolysis) is 1. The van der Waals surface area contributed by atoms with Crippen molar-refractivity contribution >= 4 is 18.0 Å². The Bertz CT molecular complexity index is 945. The second kappa shape index (κ2) is 11.5. The lowest BCUT2D eigenvalue weighted by atomic mass is 9.98. The molecule has 0 spiro atoms. The Morgan fingerprint density at radius 1 is 0.909 bits per heavy atom. The number of carboxylic acid groups (broad SMARTS) is 1. The van der Waals surface area contributed by atoms with Crippen molar-refractivity contribution in [3.8, 4) is 11.1 Å². The number of hydrogen-bond donors (Lipinski definition) is 3. The highest BCUT2D eigenvalue weighted by Gasteiger charge is 2.29. The number of fused-ring (bicyclic) bond motifs is 3. The van der Waals surface area contributed by atoms with E-state index in [1.54, 1.807) is 0 Å². The molecule has 0 aromatic heterocycles. The van der Waals surface area contributed by atoms with Crippen molar-refractivity contribution in [1.82, 2.24) is 10.6 Å². The van der Waals surface area contributed by atoms with Gasteiger partial charge < -0.3 is 20.5 Å². The lowest BCUT2D eigenvalue weighted by molar-refractivity contribution is -0.137. The zero-order valence-corrected chi connectivity index (χ0v) is 19.2. The summed E-state index contributed by atoms with van der Waals surface area (Å²) >= 11 is 0. The maximum atomic E-state index is 12.5. The average molecular weight is 453 g/mol. The highest BCUT2D eigenvalue weighted by Crippen LogP contribution is 2.44. The van der Waals surface area contributed by atoms with Crippen LogP contribution in [0.2, 0.25) is 0 Å². The number of ether oxygens (including phenoxy) is 1. The molecule has 33 heavy (non-hydrogen) atoms. The molecule has 0 bridgehead atoms. The summed E-state index contributed by atoms with van der Waals surface area (Å²) in [4.78, 5) is 35.5. The Balaban J connectivity index is 1.50. The summed E-state index contributed by atoms with van der Waals surface area (Å²) in [5.74, 6) is -1.16. The van der Waals surface area contributed by atoms with E-state index < -0.39 is 12.1 Å². The predicted octanol–water partition coefficient (Wildman–Crippen LogP) is 4.45. The molecule has 2 atom stereocenters. The van der Waals surface area contributed by atoms with Gasteiger partial charge in [-0.3, -0.25) is 9.59 Å². The van der Waals surface area contributed by atoms with E-state index in [1.807, 2.05) is 38.1 Å². The fourth-order valence-corrected chi connectivity index (χ4v) is 4.30. The van der Waals surface area contributed by atoms with Crippen molar-refractivity contribution in [2.45, 2.75) is 64.0 Å². The minimum Gasteiger partial charge on any atom is -0.481 e. The number of benzene rings is 2. The number of nitrogens with one attached hydrogen (secondary N) is 2. The van der Waals surface area contributed by atoms with Crippen LogP contribution >= 0.6 is 0 Å². The van der Waals surface area contributed by atoms with Gasteiger partial charge in [0.1, 0.15) is 6.61 Å². The molecule has 176 valence electrons. The van der Waals surface area contributed by atoms with Crippen molar-refractivity contribution in [1.29, 1.82) is 0 Å². The largest absolute Gasteiger partial charge is 0.481 e. The van der Waals surface area contributed by atoms with Gasteiger partial charge in [-0.05, 0) is 41.5 Å². The molecule has 0 aliphatic heterocycles. The van der Waals surface area contributed by atoms with E-state index in [2.05, 4.69) is 34.9 Å². The fraction of sp³-hybridized carbons (Fsp3) is 0.423. The van der Waals surface area contributed by atoms with Crippen molar-refractivity contribution in [2.24, 2.45) is 0 Å². The number of carbonyl (C=O) groups excluding carboxylic acids is 2. The summed E-state index contributed by atoms with van der Waals surface area (Å²) in [6.45, 7) is 4.01. The third-order valence-corrected chi connectivity index (χ3v) is 6.16. The first-order valence-corrected chi connectivity index (χ1v) is 11.6. The first kappa shape index (κ1) is 24.3. The Morgan fingerprint density at radius 3 is 2.03 bits per heavy atom. The topological polar surface area (TPSA) is 105 Å². The molecule has 0 saturated heterocycles. The zero-order chi connectivity index (χ0) is 23.8. The Kier molecular flexibility index (Phi) is 8.46. The maximum Gasteiger partial charge on any atom is 0.407 e. The molecule has 2 aromatic carbocycles. The number of hydrogen-bond acceptors (Lipinski definition) is 4. The van der Waals surface area contributed by atoms with Crippen LogP contribution in [-0.4, -0.2) is 41.8 Å². The number of aliphatic carboxylic acids is 1. The van der Waals surface area contributed by atoms with E-state index in [0.29, 0.717) is 19.3 Å². The van der Waals surface area contributed by atoms with Gasteiger partial charge in [0, 0.05) is 24.4 Å². The molecule has 0 heterocycles. The van der Waals surface area contributed by atoms with E-state index in [0.717, 1.165) is 11.1 Å². The molecule has 1 aliphatic carbocycles. The van der Waals surface area contributed by atoms with E-state index in [9.17, 15) is 14.4 Å². The van der Waals surface area contributed by atoms with Gasteiger partial charge >= 0.3 is 12.1 Å². The third kappa shape index (κ3) is 6.34. The molecule has 2 aromatic rings. The molecule has 0 fully saturated rings. The molecule has 7 heteroatoms. The third-order valence-electron chi connectivity index (χ3n) is 6.16.